The molecule has 22 heavy (non-hydrogen) atoms. The molecule has 116 valence electrons. The van der Waals surface area contributed by atoms with E-state index in [-0.39, 0.29) is 11.9 Å². The zero-order chi connectivity index (χ0) is 15.5. The molecular formula is C17H21N3O2. The van der Waals surface area contributed by atoms with Crippen molar-refractivity contribution in [1.82, 2.24) is 9.88 Å². The number of hydrogen-bond donors (Lipinski definition) is 1. The van der Waals surface area contributed by atoms with E-state index in [9.17, 15) is 4.79 Å². The zero-order valence-electron chi connectivity index (χ0n) is 13.0. The molecule has 2 aromatic rings. The van der Waals surface area contributed by atoms with Gasteiger partial charge in [0.1, 0.15) is 11.6 Å². The van der Waals surface area contributed by atoms with Crippen LogP contribution >= 0.6 is 0 Å². The number of aromatic nitrogens is 1. The Morgan fingerprint density at radius 2 is 2.27 bits per heavy atom. The SMILES string of the molecule is CC(C)Nc1ncccc1C(=O)N1CCCc2occc2C1. The lowest BCUT2D eigenvalue weighted by atomic mass is 10.2. The van der Waals surface area contributed by atoms with Crippen molar-refractivity contribution in [1.29, 1.82) is 0 Å². The maximum atomic E-state index is 12.9. The van der Waals surface area contributed by atoms with Gasteiger partial charge in [-0.2, -0.15) is 0 Å². The molecule has 2 aromatic heterocycles. The third kappa shape index (κ3) is 2.98. The van der Waals surface area contributed by atoms with Gasteiger partial charge < -0.3 is 14.6 Å². The van der Waals surface area contributed by atoms with E-state index < -0.39 is 0 Å². The van der Waals surface area contributed by atoms with Gasteiger partial charge in [0.2, 0.25) is 0 Å². The highest BCUT2D eigenvalue weighted by molar-refractivity contribution is 5.98. The lowest BCUT2D eigenvalue weighted by Crippen LogP contribution is -2.31. The number of nitrogens with zero attached hydrogens (tertiary/aromatic N) is 2. The fourth-order valence-electron chi connectivity index (χ4n) is 2.75. The second-order valence-corrected chi connectivity index (χ2v) is 5.90. The first-order valence-corrected chi connectivity index (χ1v) is 7.71. The molecule has 1 aliphatic rings. The van der Waals surface area contributed by atoms with Crippen LogP contribution in [0.1, 0.15) is 41.9 Å². The molecule has 1 aliphatic heterocycles. The number of rotatable bonds is 3. The molecule has 0 aromatic carbocycles. The predicted molar refractivity (Wildman–Crippen MR) is 84.8 cm³/mol. The summed E-state index contributed by atoms with van der Waals surface area (Å²) in [5.41, 5.74) is 1.73. The molecule has 0 bridgehead atoms. The average Bonchev–Trinajstić information content (AvgIpc) is 2.83. The summed E-state index contributed by atoms with van der Waals surface area (Å²) in [5.74, 6) is 1.67. The van der Waals surface area contributed by atoms with Gasteiger partial charge in [0.15, 0.2) is 0 Å². The normalized spacial score (nSPS) is 14.6. The minimum absolute atomic E-state index is 0.0188. The first-order chi connectivity index (χ1) is 10.6. The van der Waals surface area contributed by atoms with Crippen molar-refractivity contribution in [3.63, 3.8) is 0 Å². The summed E-state index contributed by atoms with van der Waals surface area (Å²) >= 11 is 0. The van der Waals surface area contributed by atoms with Crippen LogP contribution < -0.4 is 5.32 Å². The molecule has 5 nitrogen and oxygen atoms in total. The number of hydrogen-bond acceptors (Lipinski definition) is 4. The van der Waals surface area contributed by atoms with E-state index >= 15 is 0 Å². The number of carbonyl (C=O) groups excluding carboxylic acids is 1. The van der Waals surface area contributed by atoms with Gasteiger partial charge in [0.05, 0.1) is 11.8 Å². The first-order valence-electron chi connectivity index (χ1n) is 7.71. The minimum atomic E-state index is 0.0188. The number of anilines is 1. The Morgan fingerprint density at radius 1 is 1.41 bits per heavy atom. The molecule has 0 saturated heterocycles. The average molecular weight is 299 g/mol. The van der Waals surface area contributed by atoms with Gasteiger partial charge in [-0.15, -0.1) is 0 Å². The Morgan fingerprint density at radius 3 is 3.09 bits per heavy atom. The molecule has 0 unspecified atom stereocenters. The molecule has 3 rings (SSSR count). The molecule has 1 N–H and O–H groups in total. The highest BCUT2D eigenvalue weighted by Gasteiger charge is 2.24. The second kappa shape index (κ2) is 6.22. The Balaban J connectivity index is 1.85. The Hall–Kier alpha value is -2.30. The molecule has 0 saturated carbocycles. The van der Waals surface area contributed by atoms with Crippen LogP contribution in [-0.2, 0) is 13.0 Å². The lowest BCUT2D eigenvalue weighted by Gasteiger charge is -2.22. The Kier molecular flexibility index (Phi) is 4.13. The van der Waals surface area contributed by atoms with E-state index in [0.717, 1.165) is 30.7 Å². The van der Waals surface area contributed by atoms with Crippen molar-refractivity contribution in [2.24, 2.45) is 0 Å². The van der Waals surface area contributed by atoms with E-state index in [2.05, 4.69) is 10.3 Å². The number of pyridine rings is 1. The number of amides is 1. The number of nitrogens with one attached hydrogen (secondary N) is 1. The topological polar surface area (TPSA) is 58.4 Å². The maximum absolute atomic E-state index is 12.9. The fourth-order valence-corrected chi connectivity index (χ4v) is 2.75. The maximum Gasteiger partial charge on any atom is 0.257 e. The third-order valence-corrected chi connectivity index (χ3v) is 3.78. The summed E-state index contributed by atoms with van der Waals surface area (Å²) in [7, 11) is 0. The molecule has 5 heteroatoms. The highest BCUT2D eigenvalue weighted by Crippen LogP contribution is 2.23. The summed E-state index contributed by atoms with van der Waals surface area (Å²) in [5, 5.41) is 3.25. The molecule has 3 heterocycles. The van der Waals surface area contributed by atoms with Gasteiger partial charge in [-0.25, -0.2) is 4.98 Å². The summed E-state index contributed by atoms with van der Waals surface area (Å²) in [6, 6.07) is 5.82. The Bertz CT molecular complexity index is 663. The van der Waals surface area contributed by atoms with E-state index in [1.54, 1.807) is 18.5 Å². The van der Waals surface area contributed by atoms with Crippen LogP contribution in [0.3, 0.4) is 0 Å². The number of carbonyl (C=O) groups is 1. The van der Waals surface area contributed by atoms with Crippen molar-refractivity contribution in [3.05, 3.63) is 47.5 Å². The molecule has 0 spiro atoms. The van der Waals surface area contributed by atoms with Gasteiger partial charge >= 0.3 is 0 Å². The lowest BCUT2D eigenvalue weighted by molar-refractivity contribution is 0.0746. The van der Waals surface area contributed by atoms with E-state index in [1.807, 2.05) is 30.9 Å². The van der Waals surface area contributed by atoms with Crippen molar-refractivity contribution in [3.8, 4) is 0 Å². The van der Waals surface area contributed by atoms with Crippen molar-refractivity contribution in [2.45, 2.75) is 39.3 Å². The summed E-state index contributed by atoms with van der Waals surface area (Å²) < 4.78 is 5.48. The van der Waals surface area contributed by atoms with Crippen LogP contribution in [0.2, 0.25) is 0 Å². The molecule has 0 radical (unpaired) electrons. The van der Waals surface area contributed by atoms with E-state index in [1.165, 1.54) is 0 Å². The van der Waals surface area contributed by atoms with Gasteiger partial charge in [-0.1, -0.05) is 0 Å². The van der Waals surface area contributed by atoms with Crippen LogP contribution in [0, 0.1) is 0 Å². The van der Waals surface area contributed by atoms with E-state index in [4.69, 9.17) is 4.42 Å². The van der Waals surface area contributed by atoms with Gasteiger partial charge in [0.25, 0.3) is 5.91 Å². The number of aryl methyl sites for hydroxylation is 1. The van der Waals surface area contributed by atoms with Crippen LogP contribution in [0.15, 0.2) is 35.1 Å². The first kappa shape index (κ1) is 14.6. The van der Waals surface area contributed by atoms with E-state index in [0.29, 0.717) is 17.9 Å². The number of fused-ring (bicyclic) bond motifs is 1. The summed E-state index contributed by atoms with van der Waals surface area (Å²) in [4.78, 5) is 19.1. The third-order valence-electron chi connectivity index (χ3n) is 3.78. The second-order valence-electron chi connectivity index (χ2n) is 5.90. The van der Waals surface area contributed by atoms with Crippen molar-refractivity contribution in [2.75, 3.05) is 11.9 Å². The fraction of sp³-hybridized carbons (Fsp3) is 0.412. The standard InChI is InChI=1S/C17H21N3O2/c1-12(2)19-16-14(5-3-8-18-16)17(21)20-9-4-6-15-13(11-20)7-10-22-15/h3,5,7-8,10,12H,4,6,9,11H2,1-2H3,(H,18,19). The molecule has 1 amide bonds. The minimum Gasteiger partial charge on any atom is -0.469 e. The Labute approximate surface area is 130 Å². The van der Waals surface area contributed by atoms with Gasteiger partial charge in [-0.3, -0.25) is 4.79 Å². The zero-order valence-corrected chi connectivity index (χ0v) is 13.0. The van der Waals surface area contributed by atoms with Crippen molar-refractivity contribution >= 4 is 11.7 Å². The van der Waals surface area contributed by atoms with Crippen molar-refractivity contribution < 1.29 is 9.21 Å². The quantitative estimate of drug-likeness (QED) is 0.946. The summed E-state index contributed by atoms with van der Waals surface area (Å²) in [6.45, 7) is 5.40. The van der Waals surface area contributed by atoms with Gasteiger partial charge in [-0.05, 0) is 38.5 Å². The molecule has 0 fully saturated rings. The van der Waals surface area contributed by atoms with Crippen LogP contribution in [0.25, 0.3) is 0 Å². The van der Waals surface area contributed by atoms with Gasteiger partial charge in [0, 0.05) is 37.3 Å². The monoisotopic (exact) mass is 299 g/mol. The summed E-state index contributed by atoms with van der Waals surface area (Å²) in [6.07, 6.45) is 5.21. The van der Waals surface area contributed by atoms with Crippen LogP contribution in [0.5, 0.6) is 0 Å². The largest absolute Gasteiger partial charge is 0.469 e. The van der Waals surface area contributed by atoms with Crippen LogP contribution in [-0.4, -0.2) is 28.4 Å². The predicted octanol–water partition coefficient (Wildman–Crippen LogP) is 3.08. The highest BCUT2D eigenvalue weighted by atomic mass is 16.3. The molecule has 0 atom stereocenters. The molecule has 0 aliphatic carbocycles. The number of furan rings is 1. The molecular weight excluding hydrogens is 278 g/mol. The smallest absolute Gasteiger partial charge is 0.257 e. The van der Waals surface area contributed by atoms with Crippen LogP contribution in [0.4, 0.5) is 5.82 Å².